The minimum Gasteiger partial charge on any atom is -0.383 e. The van der Waals surface area contributed by atoms with Gasteiger partial charge in [0.15, 0.2) is 0 Å². The molecule has 0 fully saturated rings. The van der Waals surface area contributed by atoms with Gasteiger partial charge in [-0.05, 0) is 30.0 Å². The first kappa shape index (κ1) is 15.7. The predicted octanol–water partition coefficient (Wildman–Crippen LogP) is 1.90. The lowest BCUT2D eigenvalue weighted by molar-refractivity contribution is 0.0950. The van der Waals surface area contributed by atoms with Crippen LogP contribution >= 0.6 is 0 Å². The zero-order valence-corrected chi connectivity index (χ0v) is 12.0. The van der Waals surface area contributed by atoms with E-state index in [1.807, 2.05) is 24.3 Å². The third-order valence-corrected chi connectivity index (χ3v) is 3.02. The van der Waals surface area contributed by atoms with Crippen molar-refractivity contribution in [2.45, 2.75) is 32.2 Å². The number of hydrogen-bond donors (Lipinski definition) is 2. The van der Waals surface area contributed by atoms with Gasteiger partial charge in [-0.3, -0.25) is 4.79 Å². The molecule has 0 bridgehead atoms. The van der Waals surface area contributed by atoms with Gasteiger partial charge in [0.25, 0.3) is 5.91 Å². The fraction of sp³-hybridized carbons (Fsp3) is 0.533. The third-order valence-electron chi connectivity index (χ3n) is 3.02. The summed E-state index contributed by atoms with van der Waals surface area (Å²) < 4.78 is 4.94. The molecule has 0 saturated carbocycles. The molecule has 0 spiro atoms. The summed E-state index contributed by atoms with van der Waals surface area (Å²) in [6, 6.07) is 7.68. The first-order valence-corrected chi connectivity index (χ1v) is 6.67. The summed E-state index contributed by atoms with van der Waals surface area (Å²) in [5.41, 5.74) is 7.71. The van der Waals surface area contributed by atoms with Gasteiger partial charge in [-0.25, -0.2) is 0 Å². The topological polar surface area (TPSA) is 64.3 Å². The van der Waals surface area contributed by atoms with E-state index >= 15 is 0 Å². The molecule has 19 heavy (non-hydrogen) atoms. The molecule has 0 heterocycles. The van der Waals surface area contributed by atoms with E-state index in [4.69, 9.17) is 10.5 Å². The maximum absolute atomic E-state index is 11.9. The van der Waals surface area contributed by atoms with Crippen molar-refractivity contribution in [3.8, 4) is 0 Å². The Balaban J connectivity index is 2.41. The third kappa shape index (κ3) is 5.41. The summed E-state index contributed by atoms with van der Waals surface area (Å²) in [5.74, 6) is 0.420. The van der Waals surface area contributed by atoms with Crippen LogP contribution in [0.5, 0.6) is 0 Å². The number of hydrogen-bond acceptors (Lipinski definition) is 3. The summed E-state index contributed by atoms with van der Waals surface area (Å²) in [6.07, 6.45) is 0.712. The van der Waals surface area contributed by atoms with Gasteiger partial charge in [0.05, 0.1) is 6.61 Å². The highest BCUT2D eigenvalue weighted by Gasteiger charge is 2.07. The minimum absolute atomic E-state index is 0.0337. The quantitative estimate of drug-likeness (QED) is 0.790. The number of nitrogens with two attached hydrogens (primary N) is 1. The average molecular weight is 264 g/mol. The minimum atomic E-state index is -0.0556. The molecule has 0 aliphatic rings. The summed E-state index contributed by atoms with van der Waals surface area (Å²) in [5, 5.41) is 2.86. The summed E-state index contributed by atoms with van der Waals surface area (Å²) in [7, 11) is 1.62. The Morgan fingerprint density at radius 1 is 1.32 bits per heavy atom. The van der Waals surface area contributed by atoms with Gasteiger partial charge in [-0.2, -0.15) is 0 Å². The van der Waals surface area contributed by atoms with E-state index in [9.17, 15) is 4.79 Å². The van der Waals surface area contributed by atoms with Gasteiger partial charge >= 0.3 is 0 Å². The molecule has 1 atom stereocenters. The summed E-state index contributed by atoms with van der Waals surface area (Å²) in [4.78, 5) is 11.9. The van der Waals surface area contributed by atoms with Gasteiger partial charge < -0.3 is 15.8 Å². The maximum Gasteiger partial charge on any atom is 0.251 e. The van der Waals surface area contributed by atoms with Crippen LogP contribution in [0.15, 0.2) is 24.3 Å². The molecule has 1 rings (SSSR count). The van der Waals surface area contributed by atoms with Gasteiger partial charge in [-0.15, -0.1) is 0 Å². The number of nitrogens with one attached hydrogen (secondary N) is 1. The second-order valence-electron chi connectivity index (χ2n) is 5.04. The van der Waals surface area contributed by atoms with Crippen LogP contribution in [0.3, 0.4) is 0 Å². The molecule has 106 valence electrons. The maximum atomic E-state index is 11.9. The molecule has 0 saturated heterocycles. The van der Waals surface area contributed by atoms with Crippen molar-refractivity contribution < 1.29 is 9.53 Å². The number of rotatable bonds is 7. The number of carbonyl (C=O) groups excluding carboxylic acids is 1. The van der Waals surface area contributed by atoms with Crippen molar-refractivity contribution in [2.75, 3.05) is 20.3 Å². The molecular formula is C15H24N2O2. The fourth-order valence-corrected chi connectivity index (χ4v) is 1.79. The van der Waals surface area contributed by atoms with Crippen LogP contribution < -0.4 is 11.1 Å². The Hall–Kier alpha value is -1.39. The van der Waals surface area contributed by atoms with Crippen LogP contribution in [0, 0.1) is 0 Å². The monoisotopic (exact) mass is 264 g/mol. The SMILES string of the molecule is COCC(N)CCNC(=O)c1ccc(C(C)C)cc1. The number of amides is 1. The van der Waals surface area contributed by atoms with Crippen LogP contribution in [-0.2, 0) is 4.74 Å². The van der Waals surface area contributed by atoms with E-state index in [2.05, 4.69) is 19.2 Å². The number of methoxy groups -OCH3 is 1. The Labute approximate surface area is 115 Å². The van der Waals surface area contributed by atoms with Crippen molar-refractivity contribution in [1.29, 1.82) is 0 Å². The molecule has 0 aliphatic heterocycles. The Morgan fingerprint density at radius 3 is 2.47 bits per heavy atom. The molecule has 1 unspecified atom stereocenters. The molecule has 3 N–H and O–H groups in total. The Kier molecular flexibility index (Phi) is 6.53. The zero-order chi connectivity index (χ0) is 14.3. The van der Waals surface area contributed by atoms with E-state index in [1.54, 1.807) is 7.11 Å². The lowest BCUT2D eigenvalue weighted by atomic mass is 10.0. The van der Waals surface area contributed by atoms with Gasteiger partial charge in [0, 0.05) is 25.3 Å². The van der Waals surface area contributed by atoms with Crippen molar-refractivity contribution in [3.63, 3.8) is 0 Å². The molecular weight excluding hydrogens is 240 g/mol. The molecule has 4 heteroatoms. The lowest BCUT2D eigenvalue weighted by Crippen LogP contribution is -2.32. The largest absolute Gasteiger partial charge is 0.383 e. The molecule has 0 radical (unpaired) electrons. The average Bonchev–Trinajstić information content (AvgIpc) is 2.39. The first-order valence-electron chi connectivity index (χ1n) is 6.67. The number of benzene rings is 1. The normalized spacial score (nSPS) is 12.5. The van der Waals surface area contributed by atoms with Crippen LogP contribution in [0.25, 0.3) is 0 Å². The predicted molar refractivity (Wildman–Crippen MR) is 77.3 cm³/mol. The summed E-state index contributed by atoms with van der Waals surface area (Å²) in [6.45, 7) is 5.34. The lowest BCUT2D eigenvalue weighted by Gasteiger charge is -2.11. The van der Waals surface area contributed by atoms with E-state index in [-0.39, 0.29) is 11.9 Å². The van der Waals surface area contributed by atoms with Gasteiger partial charge in [0.1, 0.15) is 0 Å². The molecule has 1 amide bonds. The molecule has 1 aromatic carbocycles. The van der Waals surface area contributed by atoms with E-state index < -0.39 is 0 Å². The highest BCUT2D eigenvalue weighted by molar-refractivity contribution is 5.94. The van der Waals surface area contributed by atoms with Crippen LogP contribution in [0.1, 0.15) is 42.1 Å². The molecule has 4 nitrogen and oxygen atoms in total. The van der Waals surface area contributed by atoms with Crippen molar-refractivity contribution >= 4 is 5.91 Å². The molecule has 0 aromatic heterocycles. The van der Waals surface area contributed by atoms with Gasteiger partial charge in [-0.1, -0.05) is 26.0 Å². The molecule has 0 aliphatic carbocycles. The smallest absolute Gasteiger partial charge is 0.251 e. The van der Waals surface area contributed by atoms with Crippen molar-refractivity contribution in [1.82, 2.24) is 5.32 Å². The fourth-order valence-electron chi connectivity index (χ4n) is 1.79. The van der Waals surface area contributed by atoms with Crippen molar-refractivity contribution in [2.24, 2.45) is 5.73 Å². The van der Waals surface area contributed by atoms with Crippen LogP contribution in [-0.4, -0.2) is 32.2 Å². The molecule has 1 aromatic rings. The Bertz CT molecular complexity index is 388. The standard InChI is InChI=1S/C15H24N2O2/c1-11(2)12-4-6-13(7-5-12)15(18)17-9-8-14(16)10-19-3/h4-7,11,14H,8-10,16H2,1-3H3,(H,17,18). The highest BCUT2D eigenvalue weighted by atomic mass is 16.5. The number of ether oxygens (including phenoxy) is 1. The highest BCUT2D eigenvalue weighted by Crippen LogP contribution is 2.14. The second-order valence-corrected chi connectivity index (χ2v) is 5.04. The van der Waals surface area contributed by atoms with Crippen LogP contribution in [0.2, 0.25) is 0 Å². The number of carbonyl (C=O) groups is 1. The summed E-state index contributed by atoms with van der Waals surface area (Å²) >= 11 is 0. The van der Waals surface area contributed by atoms with E-state index in [0.717, 1.165) is 0 Å². The van der Waals surface area contributed by atoms with E-state index in [0.29, 0.717) is 31.1 Å². The van der Waals surface area contributed by atoms with Crippen LogP contribution in [0.4, 0.5) is 0 Å². The first-order chi connectivity index (χ1) is 9.04. The Morgan fingerprint density at radius 2 is 1.95 bits per heavy atom. The van der Waals surface area contributed by atoms with Crippen molar-refractivity contribution in [3.05, 3.63) is 35.4 Å². The second kappa shape index (κ2) is 7.92. The van der Waals surface area contributed by atoms with Gasteiger partial charge in [0.2, 0.25) is 0 Å². The zero-order valence-electron chi connectivity index (χ0n) is 12.0. The van der Waals surface area contributed by atoms with E-state index in [1.165, 1.54) is 5.56 Å².